The molecule has 0 amide bonds. The Hall–Kier alpha value is -8.53. The van der Waals surface area contributed by atoms with Gasteiger partial charge in [-0.25, -0.2) is 15.0 Å². The van der Waals surface area contributed by atoms with E-state index in [2.05, 4.69) is 224 Å². The van der Waals surface area contributed by atoms with Gasteiger partial charge in [0, 0.05) is 27.6 Å². The van der Waals surface area contributed by atoms with Crippen LogP contribution in [0.1, 0.15) is 22.3 Å². The third-order valence-corrected chi connectivity index (χ3v) is 13.5. The van der Waals surface area contributed by atoms with E-state index in [0.717, 1.165) is 72.5 Å². The molecular formula is C62H39N3. The predicted octanol–water partition coefficient (Wildman–Crippen LogP) is 15.4. The normalized spacial score (nSPS) is 12.7. The summed E-state index contributed by atoms with van der Waals surface area (Å²) in [6, 6.07) is 85.0. The molecule has 302 valence electrons. The number of hydrogen-bond acceptors (Lipinski definition) is 3. The summed E-state index contributed by atoms with van der Waals surface area (Å²) in [5.41, 5.74) is 21.9. The second kappa shape index (κ2) is 14.8. The van der Waals surface area contributed by atoms with Crippen molar-refractivity contribution in [2.24, 2.45) is 0 Å². The fourth-order valence-electron chi connectivity index (χ4n) is 10.6. The largest absolute Gasteiger partial charge is 0.248 e. The topological polar surface area (TPSA) is 38.7 Å². The average Bonchev–Trinajstić information content (AvgIpc) is 3.85. The zero-order valence-electron chi connectivity index (χ0n) is 35.4. The molecule has 2 heterocycles. The van der Waals surface area contributed by atoms with Gasteiger partial charge in [-0.15, -0.1) is 0 Å². The van der Waals surface area contributed by atoms with Crippen LogP contribution in [0.15, 0.2) is 237 Å². The minimum atomic E-state index is -0.476. The molecule has 0 saturated carbocycles. The Bertz CT molecular complexity index is 3530. The molecule has 1 spiro atoms. The lowest BCUT2D eigenvalue weighted by molar-refractivity contribution is 0.794. The van der Waals surface area contributed by atoms with Gasteiger partial charge in [0.1, 0.15) is 0 Å². The zero-order valence-corrected chi connectivity index (χ0v) is 35.4. The standard InChI is InChI=1S/C62H39N3/c1-5-19-40(20-6-1)44-33-45(35-46(34-44)61-64-58(42-23-9-3-10-24-42)39-59(65-61)43-25-11-4-12-26-43)50-37-57(41-21-7-2-8-22-41)63-60-38-56-51(36-52(50)60)49-29-15-18-32-55(49)62(56)53-30-16-13-27-47(53)48-28-14-17-31-54(48)62/h1-39H. The number of hydrogen-bond donors (Lipinski definition) is 0. The van der Waals surface area contributed by atoms with Crippen molar-refractivity contribution in [3.8, 4) is 89.7 Å². The molecule has 0 unspecified atom stereocenters. The molecule has 0 N–H and O–H groups in total. The maximum atomic E-state index is 5.57. The van der Waals surface area contributed by atoms with E-state index in [0.29, 0.717) is 5.82 Å². The van der Waals surface area contributed by atoms with Gasteiger partial charge in [0.15, 0.2) is 5.82 Å². The van der Waals surface area contributed by atoms with E-state index in [4.69, 9.17) is 15.0 Å². The van der Waals surface area contributed by atoms with Crippen molar-refractivity contribution in [2.75, 3.05) is 0 Å². The van der Waals surface area contributed by atoms with Gasteiger partial charge in [-0.1, -0.05) is 194 Å². The summed E-state index contributed by atoms with van der Waals surface area (Å²) in [4.78, 5) is 16.2. The van der Waals surface area contributed by atoms with Crippen LogP contribution in [0.3, 0.4) is 0 Å². The highest BCUT2D eigenvalue weighted by atomic mass is 14.9. The molecule has 13 rings (SSSR count). The molecule has 0 fully saturated rings. The quantitative estimate of drug-likeness (QED) is 0.168. The first-order valence-corrected chi connectivity index (χ1v) is 22.3. The van der Waals surface area contributed by atoms with E-state index < -0.39 is 5.41 Å². The molecule has 11 aromatic rings. The maximum Gasteiger partial charge on any atom is 0.160 e. The van der Waals surface area contributed by atoms with Gasteiger partial charge in [0.25, 0.3) is 0 Å². The molecule has 2 aliphatic carbocycles. The monoisotopic (exact) mass is 825 g/mol. The minimum absolute atomic E-state index is 0.476. The maximum absolute atomic E-state index is 5.57. The lowest BCUT2D eigenvalue weighted by Gasteiger charge is -2.30. The molecule has 3 heteroatoms. The smallest absolute Gasteiger partial charge is 0.160 e. The lowest BCUT2D eigenvalue weighted by Crippen LogP contribution is -2.25. The van der Waals surface area contributed by atoms with Crippen molar-refractivity contribution in [1.82, 2.24) is 15.0 Å². The first kappa shape index (κ1) is 37.1. The van der Waals surface area contributed by atoms with Gasteiger partial charge in [0.2, 0.25) is 0 Å². The Kier molecular flexibility index (Phi) is 8.44. The van der Waals surface area contributed by atoms with Gasteiger partial charge in [-0.2, -0.15) is 0 Å². The Morgan fingerprint density at radius 3 is 1.18 bits per heavy atom. The van der Waals surface area contributed by atoms with Crippen LogP contribution in [0.25, 0.3) is 101 Å². The van der Waals surface area contributed by atoms with E-state index in [-0.39, 0.29) is 0 Å². The van der Waals surface area contributed by atoms with Gasteiger partial charge < -0.3 is 0 Å². The number of aromatic nitrogens is 3. The van der Waals surface area contributed by atoms with Crippen LogP contribution in [0.5, 0.6) is 0 Å². The number of rotatable bonds is 6. The molecule has 65 heavy (non-hydrogen) atoms. The number of pyridine rings is 1. The molecule has 3 nitrogen and oxygen atoms in total. The van der Waals surface area contributed by atoms with Crippen LogP contribution in [0.4, 0.5) is 0 Å². The Morgan fingerprint density at radius 1 is 0.246 bits per heavy atom. The Morgan fingerprint density at radius 2 is 0.662 bits per heavy atom. The molecule has 0 atom stereocenters. The van der Waals surface area contributed by atoms with Gasteiger partial charge in [-0.05, 0) is 109 Å². The van der Waals surface area contributed by atoms with Crippen molar-refractivity contribution in [3.05, 3.63) is 259 Å². The minimum Gasteiger partial charge on any atom is -0.248 e. The van der Waals surface area contributed by atoms with Crippen LogP contribution in [0.2, 0.25) is 0 Å². The van der Waals surface area contributed by atoms with Crippen molar-refractivity contribution in [1.29, 1.82) is 0 Å². The fraction of sp³-hybridized carbons (Fsp3) is 0.0161. The molecule has 0 radical (unpaired) electrons. The van der Waals surface area contributed by atoms with Crippen LogP contribution in [0, 0.1) is 0 Å². The van der Waals surface area contributed by atoms with Gasteiger partial charge in [0.05, 0.1) is 28.0 Å². The first-order chi connectivity index (χ1) is 32.2. The van der Waals surface area contributed by atoms with Crippen LogP contribution in [-0.2, 0) is 5.41 Å². The molecular weight excluding hydrogens is 787 g/mol. The fourth-order valence-corrected chi connectivity index (χ4v) is 10.6. The third-order valence-electron chi connectivity index (χ3n) is 13.5. The number of benzene rings is 9. The van der Waals surface area contributed by atoms with Crippen LogP contribution < -0.4 is 0 Å². The average molecular weight is 826 g/mol. The van der Waals surface area contributed by atoms with E-state index in [9.17, 15) is 0 Å². The third kappa shape index (κ3) is 5.86. The SMILES string of the molecule is c1ccc(-c2cc(-c3nc(-c4ccccc4)cc(-c4ccccc4)n3)cc(-c3cc(-c4ccccc4)nc4cc5c(cc34)-c3ccccc3C53c4ccccc4-c4ccccc43)c2)cc1. The number of nitrogens with zero attached hydrogens (tertiary/aromatic N) is 3. The number of fused-ring (bicyclic) bond motifs is 11. The summed E-state index contributed by atoms with van der Waals surface area (Å²) >= 11 is 0. The molecule has 2 aliphatic rings. The van der Waals surface area contributed by atoms with E-state index in [1.54, 1.807) is 0 Å². The summed E-state index contributed by atoms with van der Waals surface area (Å²) in [6.07, 6.45) is 0. The zero-order chi connectivity index (χ0) is 42.9. The lowest BCUT2D eigenvalue weighted by atomic mass is 9.70. The second-order valence-electron chi connectivity index (χ2n) is 17.1. The molecule has 9 aromatic carbocycles. The van der Waals surface area contributed by atoms with Crippen LogP contribution in [-0.4, -0.2) is 15.0 Å². The summed E-state index contributed by atoms with van der Waals surface area (Å²) in [7, 11) is 0. The van der Waals surface area contributed by atoms with Crippen molar-refractivity contribution < 1.29 is 0 Å². The molecule has 2 aromatic heterocycles. The Labute approximate surface area is 378 Å². The highest BCUT2D eigenvalue weighted by Gasteiger charge is 2.51. The van der Waals surface area contributed by atoms with E-state index >= 15 is 0 Å². The van der Waals surface area contributed by atoms with Crippen molar-refractivity contribution in [2.45, 2.75) is 5.41 Å². The van der Waals surface area contributed by atoms with E-state index in [1.807, 2.05) is 12.1 Å². The summed E-state index contributed by atoms with van der Waals surface area (Å²) in [5.74, 6) is 0.668. The molecule has 0 aliphatic heterocycles. The van der Waals surface area contributed by atoms with Crippen molar-refractivity contribution in [3.63, 3.8) is 0 Å². The predicted molar refractivity (Wildman–Crippen MR) is 266 cm³/mol. The van der Waals surface area contributed by atoms with E-state index in [1.165, 1.54) is 44.5 Å². The summed E-state index contributed by atoms with van der Waals surface area (Å²) < 4.78 is 0. The highest BCUT2D eigenvalue weighted by Crippen LogP contribution is 2.63. The molecule has 0 saturated heterocycles. The summed E-state index contributed by atoms with van der Waals surface area (Å²) in [5, 5.41) is 1.09. The first-order valence-electron chi connectivity index (χ1n) is 22.3. The molecule has 0 bridgehead atoms. The van der Waals surface area contributed by atoms with Gasteiger partial charge in [-0.3, -0.25) is 0 Å². The summed E-state index contributed by atoms with van der Waals surface area (Å²) in [6.45, 7) is 0. The van der Waals surface area contributed by atoms with Gasteiger partial charge >= 0.3 is 0 Å². The highest BCUT2D eigenvalue weighted by molar-refractivity contribution is 6.05. The van der Waals surface area contributed by atoms with Crippen molar-refractivity contribution >= 4 is 10.9 Å². The second-order valence-corrected chi connectivity index (χ2v) is 17.1. The Balaban J connectivity index is 1.10. The van der Waals surface area contributed by atoms with Crippen LogP contribution >= 0.6 is 0 Å².